The maximum atomic E-state index is 13.3. The van der Waals surface area contributed by atoms with Crippen LogP contribution in [-0.2, 0) is 19.2 Å². The fourth-order valence-electron chi connectivity index (χ4n) is 5.09. The summed E-state index contributed by atoms with van der Waals surface area (Å²) in [5.74, 6) is -4.56. The Morgan fingerprint density at radius 3 is 1.27 bits per heavy atom. The molecule has 0 bridgehead atoms. The molecule has 62 heavy (non-hydrogen) atoms. The third kappa shape index (κ3) is 12.1. The lowest BCUT2D eigenvalue weighted by Gasteiger charge is -2.15. The summed E-state index contributed by atoms with van der Waals surface area (Å²) in [7, 11) is 0. The molecule has 0 aromatic heterocycles. The van der Waals surface area contributed by atoms with Crippen LogP contribution in [0.3, 0.4) is 0 Å². The van der Waals surface area contributed by atoms with E-state index in [1.807, 2.05) is 0 Å². The molecule has 2 unspecified atom stereocenters. The fraction of sp³-hybridized carbons (Fsp3) is 0.100. The van der Waals surface area contributed by atoms with Crippen molar-refractivity contribution in [1.29, 1.82) is 0 Å². The molecule has 0 aliphatic carbocycles. The first-order chi connectivity index (χ1) is 29.3. The zero-order valence-electron chi connectivity index (χ0n) is 31.5. The van der Waals surface area contributed by atoms with Crippen LogP contribution in [0.1, 0.15) is 34.6 Å². The highest BCUT2D eigenvalue weighted by Crippen LogP contribution is 2.36. The van der Waals surface area contributed by atoms with Crippen LogP contribution >= 0.6 is 92.8 Å². The summed E-state index contributed by atoms with van der Waals surface area (Å²) in [6.45, 7) is 2.19. The van der Waals surface area contributed by atoms with E-state index >= 15 is 0 Å². The van der Waals surface area contributed by atoms with Gasteiger partial charge in [-0.2, -0.15) is 20.5 Å². The SMILES string of the molecule is CC(=O)C(N=Nc1cc(C(=O)Nc2cccc(Cl)c2Cl)ccc1Cl)C(=O)Nc1cc(Cl)c(NC(=O)C(N=Nc2cc(C(=O)Nc3cccc(Cl)c3Cl)ccc2Cl)C(C)=O)c(Cl)c1. The Morgan fingerprint density at radius 2 is 0.871 bits per heavy atom. The predicted molar refractivity (Wildman–Crippen MR) is 243 cm³/mol. The second kappa shape index (κ2) is 21.3. The number of nitrogens with one attached hydrogen (secondary N) is 4. The van der Waals surface area contributed by atoms with Gasteiger partial charge in [0.25, 0.3) is 23.6 Å². The summed E-state index contributed by atoms with van der Waals surface area (Å²) in [5, 5.41) is 26.2. The van der Waals surface area contributed by atoms with Crippen LogP contribution in [-0.4, -0.2) is 47.3 Å². The number of benzene rings is 5. The second-order valence-corrected chi connectivity index (χ2v) is 15.9. The van der Waals surface area contributed by atoms with E-state index in [9.17, 15) is 28.8 Å². The van der Waals surface area contributed by atoms with Crippen molar-refractivity contribution in [1.82, 2.24) is 0 Å². The molecule has 4 N–H and O–H groups in total. The summed E-state index contributed by atoms with van der Waals surface area (Å²) in [4.78, 5) is 77.6. The van der Waals surface area contributed by atoms with Crippen LogP contribution < -0.4 is 21.3 Å². The Kier molecular flexibility index (Phi) is 16.4. The minimum Gasteiger partial charge on any atom is -0.324 e. The Balaban J connectivity index is 1.27. The molecule has 0 fully saturated rings. The molecule has 0 heterocycles. The maximum absolute atomic E-state index is 13.3. The molecule has 0 saturated heterocycles. The molecule has 0 aliphatic rings. The molecule has 0 aliphatic heterocycles. The number of rotatable bonds is 14. The van der Waals surface area contributed by atoms with Gasteiger partial charge in [-0.05, 0) is 86.6 Å². The smallest absolute Gasteiger partial charge is 0.258 e. The number of hydrogen-bond donors (Lipinski definition) is 4. The van der Waals surface area contributed by atoms with Crippen LogP contribution in [0.5, 0.6) is 0 Å². The van der Waals surface area contributed by atoms with Crippen molar-refractivity contribution in [2.75, 3.05) is 21.3 Å². The number of Topliss-reactive ketones (excluding diaryl/α,β-unsaturated/α-hetero) is 2. The topological polar surface area (TPSA) is 200 Å². The summed E-state index contributed by atoms with van der Waals surface area (Å²) in [6, 6.07) is 16.5. The van der Waals surface area contributed by atoms with Crippen LogP contribution in [0.15, 0.2) is 105 Å². The lowest BCUT2D eigenvalue weighted by atomic mass is 10.1. The van der Waals surface area contributed by atoms with E-state index in [0.717, 1.165) is 13.8 Å². The molecule has 14 nitrogen and oxygen atoms in total. The van der Waals surface area contributed by atoms with Crippen molar-refractivity contribution in [2.24, 2.45) is 20.5 Å². The summed E-state index contributed by atoms with van der Waals surface area (Å²) in [5.41, 5.74) is 0.430. The lowest BCUT2D eigenvalue weighted by molar-refractivity contribution is -0.127. The van der Waals surface area contributed by atoms with E-state index in [-0.39, 0.29) is 85.4 Å². The highest BCUT2D eigenvalue weighted by atomic mass is 35.5. The van der Waals surface area contributed by atoms with Gasteiger partial charge in [-0.3, -0.25) is 28.8 Å². The molecule has 0 radical (unpaired) electrons. The Bertz CT molecular complexity index is 2690. The Labute approximate surface area is 392 Å². The largest absolute Gasteiger partial charge is 0.324 e. The van der Waals surface area contributed by atoms with E-state index in [1.54, 1.807) is 36.4 Å². The van der Waals surface area contributed by atoms with Gasteiger partial charge < -0.3 is 21.3 Å². The van der Waals surface area contributed by atoms with Gasteiger partial charge in [0, 0.05) is 16.8 Å². The summed E-state index contributed by atoms with van der Waals surface area (Å²) >= 11 is 49.9. The van der Waals surface area contributed by atoms with E-state index in [0.29, 0.717) is 0 Å². The number of amides is 4. The average Bonchev–Trinajstić information content (AvgIpc) is 3.20. The van der Waals surface area contributed by atoms with Crippen molar-refractivity contribution in [3.8, 4) is 0 Å². The number of nitrogens with zero attached hydrogens (tertiary/aromatic N) is 4. The molecule has 5 aromatic carbocycles. The Morgan fingerprint density at radius 1 is 0.468 bits per heavy atom. The first-order valence-electron chi connectivity index (χ1n) is 17.4. The second-order valence-electron chi connectivity index (χ2n) is 12.7. The molecule has 4 amide bonds. The normalized spacial score (nSPS) is 12.2. The summed E-state index contributed by atoms with van der Waals surface area (Å²) in [6.07, 6.45) is 0. The number of ketones is 2. The van der Waals surface area contributed by atoms with Crippen molar-refractivity contribution in [2.45, 2.75) is 25.9 Å². The highest BCUT2D eigenvalue weighted by Gasteiger charge is 2.27. The minimum atomic E-state index is -1.73. The number of carbonyl (C=O) groups is 6. The fourth-order valence-corrected chi connectivity index (χ4v) is 6.68. The highest BCUT2D eigenvalue weighted by molar-refractivity contribution is 6.45. The van der Waals surface area contributed by atoms with Gasteiger partial charge in [0.15, 0.2) is 11.6 Å². The molecule has 22 heteroatoms. The standard InChI is InChI=1S/C40H26Cl8N8O6/c1-17(57)34(55-53-30-13-19(9-11-22(30)41)37(59)50-28-7-3-5-24(43)32(28)47)39(61)49-21-15-26(45)36(27(46)16-21)52-40(62)35(18(2)58)56-54-31-14-20(10-12-23(31)42)38(60)51-29-8-4-6-25(44)33(29)48/h3-16,34-35H,1-2H3,(H,49,61)(H,50,59)(H,51,60)(H,52,62). The average molecular weight is 998 g/mol. The monoisotopic (exact) mass is 994 g/mol. The zero-order chi connectivity index (χ0) is 45.4. The molecular weight excluding hydrogens is 972 g/mol. The van der Waals surface area contributed by atoms with Gasteiger partial charge >= 0.3 is 0 Å². The van der Waals surface area contributed by atoms with E-state index in [2.05, 4.69) is 41.7 Å². The van der Waals surface area contributed by atoms with Gasteiger partial charge in [0.1, 0.15) is 11.4 Å². The molecule has 318 valence electrons. The molecule has 2 atom stereocenters. The molecule has 0 spiro atoms. The maximum Gasteiger partial charge on any atom is 0.258 e. The quantitative estimate of drug-likeness (QED) is 0.0630. The first-order valence-corrected chi connectivity index (χ1v) is 20.4. The molecule has 5 rings (SSSR count). The van der Waals surface area contributed by atoms with Crippen molar-refractivity contribution >= 4 is 162 Å². The van der Waals surface area contributed by atoms with Crippen LogP contribution in [0.25, 0.3) is 0 Å². The summed E-state index contributed by atoms with van der Waals surface area (Å²) < 4.78 is 0. The first kappa shape index (κ1) is 47.9. The van der Waals surface area contributed by atoms with Gasteiger partial charge in [0.2, 0.25) is 12.1 Å². The lowest BCUT2D eigenvalue weighted by Crippen LogP contribution is -2.32. The molecule has 0 saturated carbocycles. The number of halogens is 8. The van der Waals surface area contributed by atoms with E-state index in [1.165, 1.54) is 48.5 Å². The molecular formula is C40H26Cl8N8O6. The Hall–Kier alpha value is -5.16. The van der Waals surface area contributed by atoms with Crippen molar-refractivity contribution in [3.05, 3.63) is 136 Å². The third-order valence-corrected chi connectivity index (χ3v) is 11.1. The van der Waals surface area contributed by atoms with Crippen LogP contribution in [0.4, 0.5) is 34.1 Å². The van der Waals surface area contributed by atoms with Crippen molar-refractivity contribution in [3.63, 3.8) is 0 Å². The van der Waals surface area contributed by atoms with E-state index < -0.39 is 47.3 Å². The van der Waals surface area contributed by atoms with Crippen LogP contribution in [0.2, 0.25) is 40.2 Å². The number of anilines is 4. The van der Waals surface area contributed by atoms with Crippen molar-refractivity contribution < 1.29 is 28.8 Å². The number of carbonyl (C=O) groups excluding carboxylic acids is 6. The zero-order valence-corrected chi connectivity index (χ0v) is 37.5. The van der Waals surface area contributed by atoms with Gasteiger partial charge in [-0.1, -0.05) is 105 Å². The van der Waals surface area contributed by atoms with Gasteiger partial charge in [-0.25, -0.2) is 0 Å². The molecule has 5 aromatic rings. The third-order valence-electron chi connectivity index (χ3n) is 8.20. The van der Waals surface area contributed by atoms with E-state index in [4.69, 9.17) is 92.8 Å². The van der Waals surface area contributed by atoms with Crippen LogP contribution in [0, 0.1) is 0 Å². The minimum absolute atomic E-state index is 0.0141. The number of hydrogen-bond acceptors (Lipinski definition) is 10. The van der Waals surface area contributed by atoms with Gasteiger partial charge in [0.05, 0.1) is 57.2 Å². The number of azo groups is 2. The van der Waals surface area contributed by atoms with Gasteiger partial charge in [-0.15, -0.1) is 0 Å². The predicted octanol–water partition coefficient (Wildman–Crippen LogP) is 12.8.